The predicted molar refractivity (Wildman–Crippen MR) is 79.2 cm³/mol. The highest BCUT2D eigenvalue weighted by molar-refractivity contribution is 5.39. The van der Waals surface area contributed by atoms with Crippen molar-refractivity contribution in [2.24, 2.45) is 0 Å². The average Bonchev–Trinajstić information content (AvgIpc) is 3.23. The molecule has 0 unspecified atom stereocenters. The van der Waals surface area contributed by atoms with Crippen LogP contribution in [0.5, 0.6) is 0 Å². The summed E-state index contributed by atoms with van der Waals surface area (Å²) in [7, 11) is 0. The van der Waals surface area contributed by atoms with Crippen LogP contribution in [0.3, 0.4) is 0 Å². The number of benzene rings is 1. The Morgan fingerprint density at radius 1 is 1.10 bits per heavy atom. The highest BCUT2D eigenvalue weighted by Crippen LogP contribution is 2.32. The van der Waals surface area contributed by atoms with E-state index >= 15 is 0 Å². The lowest BCUT2D eigenvalue weighted by Crippen LogP contribution is -2.34. The highest BCUT2D eigenvalue weighted by atomic mass is 16.7. The molecule has 4 rings (SSSR count). The van der Waals surface area contributed by atoms with Crippen LogP contribution in [0.25, 0.3) is 0 Å². The zero-order chi connectivity index (χ0) is 14.1. The van der Waals surface area contributed by atoms with Crippen molar-refractivity contribution < 1.29 is 9.47 Å². The summed E-state index contributed by atoms with van der Waals surface area (Å²) in [5.41, 5.74) is 1.26. The van der Waals surface area contributed by atoms with Gasteiger partial charge in [-0.25, -0.2) is 0 Å². The molecule has 110 valence electrons. The molecule has 0 atom stereocenters. The summed E-state index contributed by atoms with van der Waals surface area (Å²) in [4.78, 5) is 2.24. The van der Waals surface area contributed by atoms with Gasteiger partial charge >= 0.3 is 0 Å². The van der Waals surface area contributed by atoms with Gasteiger partial charge in [0.25, 0.3) is 0 Å². The summed E-state index contributed by atoms with van der Waals surface area (Å²) in [6, 6.07) is 12.4. The van der Waals surface area contributed by atoms with Crippen molar-refractivity contribution in [2.75, 3.05) is 31.2 Å². The molecular formula is C16H19N3O2. The molecular weight excluding hydrogens is 266 g/mol. The minimum absolute atomic E-state index is 0.386. The molecule has 2 fully saturated rings. The van der Waals surface area contributed by atoms with Crippen LogP contribution >= 0.6 is 0 Å². The number of hydrogen-bond acceptors (Lipinski definition) is 4. The maximum atomic E-state index is 5.76. The van der Waals surface area contributed by atoms with Gasteiger partial charge in [0.2, 0.25) is 0 Å². The van der Waals surface area contributed by atoms with Crippen molar-refractivity contribution in [3.63, 3.8) is 0 Å². The van der Waals surface area contributed by atoms with Gasteiger partial charge < -0.3 is 14.4 Å². The number of rotatable bonds is 3. The van der Waals surface area contributed by atoms with Gasteiger partial charge in [-0.3, -0.25) is 4.68 Å². The zero-order valence-electron chi connectivity index (χ0n) is 11.9. The zero-order valence-corrected chi connectivity index (χ0v) is 11.9. The maximum Gasteiger partial charge on any atom is 0.187 e. The maximum absolute atomic E-state index is 5.76. The summed E-state index contributed by atoms with van der Waals surface area (Å²) in [6.45, 7) is 3.91. The van der Waals surface area contributed by atoms with Crippen LogP contribution in [0.2, 0.25) is 0 Å². The second-order valence-corrected chi connectivity index (χ2v) is 5.64. The normalized spacial score (nSPS) is 20.5. The lowest BCUT2D eigenvalue weighted by atomic mass is 10.2. The summed E-state index contributed by atoms with van der Waals surface area (Å²) in [6.07, 6.45) is 2.95. The Bertz CT molecular complexity index is 605. The Kier molecular flexibility index (Phi) is 3.16. The van der Waals surface area contributed by atoms with Crippen molar-refractivity contribution in [3.8, 4) is 0 Å². The first kappa shape index (κ1) is 12.9. The van der Waals surface area contributed by atoms with E-state index in [2.05, 4.69) is 40.3 Å². The molecule has 0 amide bonds. The minimum Gasteiger partial charge on any atom is -0.350 e. The first-order valence-electron chi connectivity index (χ1n) is 7.43. The van der Waals surface area contributed by atoms with E-state index in [0.717, 1.165) is 31.9 Å². The van der Waals surface area contributed by atoms with Gasteiger partial charge in [-0.1, -0.05) is 30.3 Å². The lowest BCUT2D eigenvalue weighted by Gasteiger charge is -2.22. The van der Waals surface area contributed by atoms with Crippen LogP contribution in [-0.2, 0) is 16.0 Å². The van der Waals surface area contributed by atoms with Crippen molar-refractivity contribution >= 4 is 5.82 Å². The molecule has 5 nitrogen and oxygen atoms in total. The molecule has 2 aliphatic heterocycles. The molecule has 0 aliphatic carbocycles. The van der Waals surface area contributed by atoms with Gasteiger partial charge in [-0.15, -0.1) is 0 Å². The third-order valence-corrected chi connectivity index (χ3v) is 4.15. The fourth-order valence-corrected chi connectivity index (χ4v) is 3.06. The Balaban J connectivity index is 1.45. The van der Waals surface area contributed by atoms with Crippen LogP contribution in [0.15, 0.2) is 42.6 Å². The lowest BCUT2D eigenvalue weighted by molar-refractivity contribution is -0.137. The second-order valence-electron chi connectivity index (χ2n) is 5.64. The summed E-state index contributed by atoms with van der Waals surface area (Å²) >= 11 is 0. The smallest absolute Gasteiger partial charge is 0.187 e. The summed E-state index contributed by atoms with van der Waals surface area (Å²) in [5, 5.41) is 4.67. The number of aromatic nitrogens is 2. The fourth-order valence-electron chi connectivity index (χ4n) is 3.06. The molecule has 5 heteroatoms. The van der Waals surface area contributed by atoms with E-state index in [0.29, 0.717) is 13.2 Å². The van der Waals surface area contributed by atoms with E-state index in [1.165, 1.54) is 5.56 Å². The molecule has 21 heavy (non-hydrogen) atoms. The molecule has 0 saturated carbocycles. The third-order valence-electron chi connectivity index (χ3n) is 4.15. The fraction of sp³-hybridized carbons (Fsp3) is 0.438. The van der Waals surface area contributed by atoms with Gasteiger partial charge in [0.05, 0.1) is 26.3 Å². The number of nitrogens with zero attached hydrogens (tertiary/aromatic N) is 3. The molecule has 3 heterocycles. The van der Waals surface area contributed by atoms with Gasteiger partial charge in [0, 0.05) is 25.2 Å². The van der Waals surface area contributed by atoms with Crippen LogP contribution < -0.4 is 4.90 Å². The van der Waals surface area contributed by atoms with Crippen molar-refractivity contribution in [1.82, 2.24) is 9.78 Å². The van der Waals surface area contributed by atoms with Crippen LogP contribution in [-0.4, -0.2) is 41.9 Å². The van der Waals surface area contributed by atoms with E-state index < -0.39 is 0 Å². The quantitative estimate of drug-likeness (QED) is 0.863. The minimum atomic E-state index is -0.386. The first-order valence-corrected chi connectivity index (χ1v) is 7.43. The van der Waals surface area contributed by atoms with E-state index in [1.54, 1.807) is 0 Å². The molecule has 0 bridgehead atoms. The Hall–Kier alpha value is -1.85. The summed E-state index contributed by atoms with van der Waals surface area (Å²) in [5.74, 6) is 0.616. The average molecular weight is 285 g/mol. The van der Waals surface area contributed by atoms with Crippen molar-refractivity contribution in [3.05, 3.63) is 48.2 Å². The molecule has 2 saturated heterocycles. The Morgan fingerprint density at radius 3 is 2.71 bits per heavy atom. The number of ether oxygens (including phenoxy) is 2. The van der Waals surface area contributed by atoms with Crippen LogP contribution in [0.4, 0.5) is 5.82 Å². The number of anilines is 1. The van der Waals surface area contributed by atoms with Crippen molar-refractivity contribution in [1.29, 1.82) is 0 Å². The monoisotopic (exact) mass is 285 g/mol. The van der Waals surface area contributed by atoms with E-state index in [1.807, 2.05) is 16.9 Å². The van der Waals surface area contributed by atoms with E-state index in [9.17, 15) is 0 Å². The van der Waals surface area contributed by atoms with Gasteiger partial charge in [-0.2, -0.15) is 5.10 Å². The SMILES string of the molecule is c1ccc(Cn2ccc(N3CCC4(C3)OCCO4)n2)cc1. The third kappa shape index (κ3) is 2.54. The summed E-state index contributed by atoms with van der Waals surface area (Å²) < 4.78 is 13.5. The van der Waals surface area contributed by atoms with Gasteiger partial charge in [-0.05, 0) is 5.56 Å². The second kappa shape index (κ2) is 5.16. The molecule has 1 aromatic carbocycles. The molecule has 2 aromatic rings. The molecule has 0 radical (unpaired) electrons. The van der Waals surface area contributed by atoms with Gasteiger partial charge in [0.1, 0.15) is 0 Å². The Labute approximate surface area is 124 Å². The molecule has 0 N–H and O–H groups in total. The Morgan fingerprint density at radius 2 is 1.90 bits per heavy atom. The first-order chi connectivity index (χ1) is 10.3. The molecule has 1 aromatic heterocycles. The standard InChI is InChI=1S/C16H19N3O2/c1-2-4-14(5-3-1)12-19-8-6-15(17-19)18-9-7-16(13-18)20-10-11-21-16/h1-6,8H,7,9-13H2. The van der Waals surface area contributed by atoms with Gasteiger partial charge in [0.15, 0.2) is 11.6 Å². The van der Waals surface area contributed by atoms with E-state index in [4.69, 9.17) is 9.47 Å². The van der Waals surface area contributed by atoms with E-state index in [-0.39, 0.29) is 5.79 Å². The van der Waals surface area contributed by atoms with Crippen LogP contribution in [0.1, 0.15) is 12.0 Å². The molecule has 2 aliphatic rings. The van der Waals surface area contributed by atoms with Crippen molar-refractivity contribution in [2.45, 2.75) is 18.8 Å². The number of hydrogen-bond donors (Lipinski definition) is 0. The molecule has 1 spiro atoms. The van der Waals surface area contributed by atoms with Crippen LogP contribution in [0, 0.1) is 0 Å². The predicted octanol–water partition coefficient (Wildman–Crippen LogP) is 1.88. The largest absolute Gasteiger partial charge is 0.350 e. The highest BCUT2D eigenvalue weighted by Gasteiger charge is 2.43. The topological polar surface area (TPSA) is 39.5 Å².